The molecule has 1 saturated heterocycles. The minimum atomic E-state index is -1.74. The van der Waals surface area contributed by atoms with Crippen molar-refractivity contribution < 1.29 is 24.5 Å². The Balaban J connectivity index is 1.84. The van der Waals surface area contributed by atoms with Gasteiger partial charge in [-0.15, -0.1) is 0 Å². The molecule has 0 saturated carbocycles. The Labute approximate surface area is 157 Å². The van der Waals surface area contributed by atoms with E-state index in [2.05, 4.69) is 0 Å². The molecule has 7 heteroatoms. The molecule has 0 atom stereocenters. The topological polar surface area (TPSA) is 92.0 Å². The molecule has 1 fully saturated rings. The number of hydrogen-bond donors (Lipinski definition) is 2. The van der Waals surface area contributed by atoms with E-state index < -0.39 is 11.6 Å². The number of carboxylic acid groups (broad SMARTS) is 1. The molecule has 3 rings (SSSR count). The van der Waals surface area contributed by atoms with Gasteiger partial charge in [0, 0.05) is 43.0 Å². The van der Waals surface area contributed by atoms with Crippen LogP contribution in [0.15, 0.2) is 30.3 Å². The Morgan fingerprint density at radius 3 is 2.22 bits per heavy atom. The molecule has 0 spiro atoms. The van der Waals surface area contributed by atoms with E-state index in [4.69, 9.17) is 9.84 Å². The molecule has 0 unspecified atom stereocenters. The Kier molecular flexibility index (Phi) is 4.97. The number of methoxy groups -OCH3 is 1. The number of carbonyl (C=O) groups excluding carboxylic acids is 1. The second-order valence-corrected chi connectivity index (χ2v) is 6.95. The summed E-state index contributed by atoms with van der Waals surface area (Å²) in [4.78, 5) is 25.7. The highest BCUT2D eigenvalue weighted by Gasteiger charge is 2.40. The van der Waals surface area contributed by atoms with Gasteiger partial charge in [-0.1, -0.05) is 0 Å². The van der Waals surface area contributed by atoms with Crippen LogP contribution in [-0.2, 0) is 4.79 Å². The maximum Gasteiger partial charge on any atom is 0.335 e. The molecular formula is C20H24N2O5. The van der Waals surface area contributed by atoms with Crippen molar-refractivity contribution in [2.45, 2.75) is 32.3 Å². The molecule has 2 aromatic rings. The van der Waals surface area contributed by atoms with Gasteiger partial charge >= 0.3 is 5.97 Å². The van der Waals surface area contributed by atoms with Crippen molar-refractivity contribution in [3.63, 3.8) is 0 Å². The Bertz CT molecular complexity index is 861. The van der Waals surface area contributed by atoms with Crippen molar-refractivity contribution >= 4 is 11.9 Å². The monoisotopic (exact) mass is 372 g/mol. The van der Waals surface area contributed by atoms with Crippen LogP contribution in [0.25, 0.3) is 5.69 Å². The number of nitrogens with zero attached hydrogens (tertiary/aromatic N) is 2. The summed E-state index contributed by atoms with van der Waals surface area (Å²) in [5.74, 6) is -0.612. The molecule has 0 aliphatic carbocycles. The third-order valence-electron chi connectivity index (χ3n) is 5.27. The standard InChI is InChI=1S/C20H24N2O5/c1-13-12-17(14(2)22(13)15-4-6-16(27-3)7-5-15)18(23)21-10-8-20(26,9-11-21)19(24)25/h4-7,12,26H,8-11H2,1-3H3,(H,24,25). The SMILES string of the molecule is COc1ccc(-n2c(C)cc(C(=O)N3CCC(O)(C(=O)O)CC3)c2C)cc1. The van der Waals surface area contributed by atoms with Crippen molar-refractivity contribution in [2.75, 3.05) is 20.2 Å². The zero-order valence-corrected chi connectivity index (χ0v) is 15.7. The maximum atomic E-state index is 13.0. The van der Waals surface area contributed by atoms with Gasteiger partial charge in [0.1, 0.15) is 5.75 Å². The van der Waals surface area contributed by atoms with Crippen LogP contribution in [0, 0.1) is 13.8 Å². The molecular weight excluding hydrogens is 348 g/mol. The lowest BCUT2D eigenvalue weighted by molar-refractivity contribution is -0.162. The van der Waals surface area contributed by atoms with E-state index >= 15 is 0 Å². The molecule has 0 bridgehead atoms. The molecule has 1 aromatic carbocycles. The molecule has 2 heterocycles. The van der Waals surface area contributed by atoms with Gasteiger partial charge in [0.05, 0.1) is 12.7 Å². The van der Waals surface area contributed by atoms with Crippen LogP contribution in [0.4, 0.5) is 0 Å². The van der Waals surface area contributed by atoms with Crippen LogP contribution >= 0.6 is 0 Å². The summed E-state index contributed by atoms with van der Waals surface area (Å²) in [7, 11) is 1.61. The van der Waals surface area contributed by atoms with Gasteiger partial charge in [0.15, 0.2) is 5.60 Å². The Morgan fingerprint density at radius 1 is 1.11 bits per heavy atom. The van der Waals surface area contributed by atoms with Crippen LogP contribution < -0.4 is 4.74 Å². The van der Waals surface area contributed by atoms with E-state index in [1.165, 1.54) is 0 Å². The van der Waals surface area contributed by atoms with Gasteiger partial charge in [0.25, 0.3) is 5.91 Å². The first-order chi connectivity index (χ1) is 12.8. The molecule has 1 aromatic heterocycles. The maximum absolute atomic E-state index is 13.0. The zero-order chi connectivity index (χ0) is 19.8. The molecule has 1 aliphatic heterocycles. The van der Waals surface area contributed by atoms with Crippen LogP contribution in [0.2, 0.25) is 0 Å². The van der Waals surface area contributed by atoms with Crippen LogP contribution in [0.5, 0.6) is 5.75 Å². The average molecular weight is 372 g/mol. The Morgan fingerprint density at radius 2 is 1.70 bits per heavy atom. The number of carboxylic acids is 1. The summed E-state index contributed by atoms with van der Waals surface area (Å²) in [5, 5.41) is 19.2. The minimum absolute atomic E-state index is 0.0330. The number of aliphatic carboxylic acids is 1. The predicted octanol–water partition coefficient (Wildman–Crippen LogP) is 2.15. The number of hydrogen-bond acceptors (Lipinski definition) is 4. The zero-order valence-electron chi connectivity index (χ0n) is 15.7. The molecule has 1 amide bonds. The summed E-state index contributed by atoms with van der Waals surface area (Å²) in [5.41, 5.74) is 1.53. The first-order valence-corrected chi connectivity index (χ1v) is 8.85. The van der Waals surface area contributed by atoms with Crippen molar-refractivity contribution in [3.8, 4) is 11.4 Å². The lowest BCUT2D eigenvalue weighted by Gasteiger charge is -2.35. The van der Waals surface area contributed by atoms with Crippen LogP contribution in [0.1, 0.15) is 34.6 Å². The van der Waals surface area contributed by atoms with Gasteiger partial charge < -0.3 is 24.4 Å². The number of likely N-dealkylation sites (tertiary alicyclic amines) is 1. The van der Waals surface area contributed by atoms with E-state index in [0.29, 0.717) is 5.56 Å². The second kappa shape index (κ2) is 7.08. The third kappa shape index (κ3) is 3.42. The molecule has 27 heavy (non-hydrogen) atoms. The van der Waals surface area contributed by atoms with Gasteiger partial charge in [-0.3, -0.25) is 4.79 Å². The number of carbonyl (C=O) groups is 2. The lowest BCUT2D eigenvalue weighted by atomic mass is 9.91. The highest BCUT2D eigenvalue weighted by Crippen LogP contribution is 2.27. The predicted molar refractivity (Wildman–Crippen MR) is 99.5 cm³/mol. The third-order valence-corrected chi connectivity index (χ3v) is 5.27. The highest BCUT2D eigenvalue weighted by molar-refractivity contribution is 5.96. The van der Waals surface area contributed by atoms with E-state index in [1.54, 1.807) is 12.0 Å². The van der Waals surface area contributed by atoms with Crippen LogP contribution in [-0.4, -0.2) is 57.4 Å². The number of piperidine rings is 1. The smallest absolute Gasteiger partial charge is 0.335 e. The van der Waals surface area contributed by atoms with Gasteiger partial charge in [-0.2, -0.15) is 0 Å². The molecule has 0 radical (unpaired) electrons. The second-order valence-electron chi connectivity index (χ2n) is 6.95. The highest BCUT2D eigenvalue weighted by atomic mass is 16.5. The number of aryl methyl sites for hydroxylation is 1. The summed E-state index contributed by atoms with van der Waals surface area (Å²) < 4.78 is 7.19. The van der Waals surface area contributed by atoms with Gasteiger partial charge in [-0.05, 0) is 44.2 Å². The normalized spacial score (nSPS) is 16.2. The summed E-state index contributed by atoms with van der Waals surface area (Å²) >= 11 is 0. The number of ether oxygens (including phenoxy) is 1. The average Bonchev–Trinajstić information content (AvgIpc) is 2.96. The minimum Gasteiger partial charge on any atom is -0.497 e. The van der Waals surface area contributed by atoms with E-state index in [9.17, 15) is 14.7 Å². The van der Waals surface area contributed by atoms with Crippen molar-refractivity contribution in [1.82, 2.24) is 9.47 Å². The summed E-state index contributed by atoms with van der Waals surface area (Å²) in [6, 6.07) is 9.45. The van der Waals surface area contributed by atoms with E-state index in [-0.39, 0.29) is 31.8 Å². The number of aliphatic hydroxyl groups is 1. The largest absolute Gasteiger partial charge is 0.497 e. The van der Waals surface area contributed by atoms with E-state index in [0.717, 1.165) is 22.8 Å². The fourth-order valence-electron chi connectivity index (χ4n) is 3.57. The molecule has 1 aliphatic rings. The number of aromatic nitrogens is 1. The Hall–Kier alpha value is -2.80. The number of benzene rings is 1. The first kappa shape index (κ1) is 19.0. The molecule has 144 valence electrons. The van der Waals surface area contributed by atoms with Gasteiger partial charge in [-0.25, -0.2) is 4.79 Å². The molecule has 2 N–H and O–H groups in total. The quantitative estimate of drug-likeness (QED) is 0.858. The fourth-order valence-corrected chi connectivity index (χ4v) is 3.57. The van der Waals surface area contributed by atoms with Crippen molar-refractivity contribution in [3.05, 3.63) is 47.3 Å². The molecule has 7 nitrogen and oxygen atoms in total. The summed E-state index contributed by atoms with van der Waals surface area (Å²) in [6.07, 6.45) is 0.0661. The number of amides is 1. The van der Waals surface area contributed by atoms with E-state index in [1.807, 2.05) is 48.7 Å². The van der Waals surface area contributed by atoms with Crippen LogP contribution in [0.3, 0.4) is 0 Å². The van der Waals surface area contributed by atoms with Gasteiger partial charge in [0.2, 0.25) is 0 Å². The van der Waals surface area contributed by atoms with Crippen molar-refractivity contribution in [2.24, 2.45) is 0 Å². The fraction of sp³-hybridized carbons (Fsp3) is 0.400. The summed E-state index contributed by atoms with van der Waals surface area (Å²) in [6.45, 7) is 4.26. The number of rotatable bonds is 4. The lowest BCUT2D eigenvalue weighted by Crippen LogP contribution is -2.50. The first-order valence-electron chi connectivity index (χ1n) is 8.85. The van der Waals surface area contributed by atoms with Crippen molar-refractivity contribution in [1.29, 1.82) is 0 Å².